The quantitative estimate of drug-likeness (QED) is 0.626. The standard InChI is InChI=1S/C20H22Cl3N3O3S/c1-20(2,14-5-6-15(21)16(22)12-14)25-19(27)13-7-10-26(11-8-13)30(28,29)17-4-3-9-24-18(17)23/h3-6,9,12-13H,7-8,10-11H2,1-2H3,(H,25,27). The lowest BCUT2D eigenvalue weighted by atomic mass is 9.91. The molecule has 0 unspecified atom stereocenters. The summed E-state index contributed by atoms with van der Waals surface area (Å²) in [6.07, 6.45) is 2.27. The Balaban J connectivity index is 1.65. The van der Waals surface area contributed by atoms with Gasteiger partial charge in [0.1, 0.15) is 10.0 Å². The Morgan fingerprint density at radius 2 is 1.80 bits per heavy atom. The van der Waals surface area contributed by atoms with E-state index in [1.165, 1.54) is 22.6 Å². The molecule has 2 aromatic rings. The molecule has 1 aliphatic heterocycles. The van der Waals surface area contributed by atoms with Gasteiger partial charge in [-0.3, -0.25) is 4.79 Å². The zero-order valence-electron chi connectivity index (χ0n) is 16.5. The second-order valence-electron chi connectivity index (χ2n) is 7.71. The summed E-state index contributed by atoms with van der Waals surface area (Å²) in [6.45, 7) is 4.24. The third kappa shape index (κ3) is 4.92. The first-order valence-corrected chi connectivity index (χ1v) is 12.0. The third-order valence-corrected chi connectivity index (χ3v) is 8.33. The molecule has 1 aliphatic rings. The number of amides is 1. The van der Waals surface area contributed by atoms with E-state index in [4.69, 9.17) is 34.8 Å². The number of nitrogens with zero attached hydrogens (tertiary/aromatic N) is 2. The molecule has 162 valence electrons. The van der Waals surface area contributed by atoms with E-state index < -0.39 is 15.6 Å². The van der Waals surface area contributed by atoms with Crippen LogP contribution in [0.4, 0.5) is 0 Å². The van der Waals surface area contributed by atoms with Gasteiger partial charge in [-0.25, -0.2) is 13.4 Å². The fourth-order valence-electron chi connectivity index (χ4n) is 3.43. The summed E-state index contributed by atoms with van der Waals surface area (Å²) < 4.78 is 27.0. The van der Waals surface area contributed by atoms with Crippen LogP contribution in [-0.2, 0) is 20.4 Å². The summed E-state index contributed by atoms with van der Waals surface area (Å²) in [5, 5.41) is 3.86. The van der Waals surface area contributed by atoms with Crippen molar-refractivity contribution in [3.05, 3.63) is 57.3 Å². The summed E-state index contributed by atoms with van der Waals surface area (Å²) >= 11 is 18.0. The van der Waals surface area contributed by atoms with Crippen molar-refractivity contribution in [2.24, 2.45) is 5.92 Å². The van der Waals surface area contributed by atoms with Crippen LogP contribution < -0.4 is 5.32 Å². The number of benzene rings is 1. The molecule has 0 bridgehead atoms. The highest BCUT2D eigenvalue weighted by atomic mass is 35.5. The molecule has 0 radical (unpaired) electrons. The topological polar surface area (TPSA) is 79.4 Å². The number of aromatic nitrogens is 1. The number of sulfonamides is 1. The summed E-state index contributed by atoms with van der Waals surface area (Å²) in [5.41, 5.74) is 0.175. The number of carbonyl (C=O) groups excluding carboxylic acids is 1. The zero-order chi connectivity index (χ0) is 22.1. The number of carbonyl (C=O) groups is 1. The van der Waals surface area contributed by atoms with Gasteiger partial charge in [0.15, 0.2) is 0 Å². The predicted octanol–water partition coefficient (Wildman–Crippen LogP) is 4.49. The molecule has 2 heterocycles. The van der Waals surface area contributed by atoms with E-state index in [9.17, 15) is 13.2 Å². The fourth-order valence-corrected chi connectivity index (χ4v) is 5.62. The number of pyridine rings is 1. The van der Waals surface area contributed by atoms with Gasteiger partial charge in [-0.1, -0.05) is 40.9 Å². The van der Waals surface area contributed by atoms with Gasteiger partial charge in [0.25, 0.3) is 0 Å². The van der Waals surface area contributed by atoms with Crippen molar-refractivity contribution in [1.82, 2.24) is 14.6 Å². The molecule has 1 saturated heterocycles. The van der Waals surface area contributed by atoms with E-state index in [0.717, 1.165) is 5.56 Å². The fraction of sp³-hybridized carbons (Fsp3) is 0.400. The number of nitrogens with one attached hydrogen (secondary N) is 1. The van der Waals surface area contributed by atoms with Crippen molar-refractivity contribution in [2.75, 3.05) is 13.1 Å². The van der Waals surface area contributed by atoms with E-state index in [2.05, 4.69) is 10.3 Å². The Kier molecular flexibility index (Phi) is 6.99. The minimum absolute atomic E-state index is 0.0182. The van der Waals surface area contributed by atoms with Crippen LogP contribution in [0.25, 0.3) is 0 Å². The average molecular weight is 491 g/mol. The first kappa shape index (κ1) is 23.3. The van der Waals surface area contributed by atoms with Crippen LogP contribution in [0.3, 0.4) is 0 Å². The van der Waals surface area contributed by atoms with Crippen molar-refractivity contribution in [1.29, 1.82) is 0 Å². The Bertz CT molecular complexity index is 1050. The predicted molar refractivity (Wildman–Crippen MR) is 118 cm³/mol. The molecule has 1 aromatic heterocycles. The van der Waals surface area contributed by atoms with Crippen LogP contribution in [-0.4, -0.2) is 36.7 Å². The van der Waals surface area contributed by atoms with Gasteiger partial charge in [0, 0.05) is 25.2 Å². The van der Waals surface area contributed by atoms with Gasteiger partial charge in [-0.05, 0) is 56.5 Å². The lowest BCUT2D eigenvalue weighted by Gasteiger charge is -2.34. The maximum absolute atomic E-state index is 12.9. The highest BCUT2D eigenvalue weighted by Gasteiger charge is 2.35. The first-order valence-electron chi connectivity index (χ1n) is 9.40. The average Bonchev–Trinajstić information content (AvgIpc) is 2.70. The van der Waals surface area contributed by atoms with E-state index in [1.807, 2.05) is 19.9 Å². The maximum Gasteiger partial charge on any atom is 0.246 e. The Labute approximate surface area is 191 Å². The van der Waals surface area contributed by atoms with Gasteiger partial charge in [-0.2, -0.15) is 4.31 Å². The molecule has 0 aliphatic carbocycles. The number of hydrogen-bond donors (Lipinski definition) is 1. The molecule has 1 fully saturated rings. The van der Waals surface area contributed by atoms with Crippen LogP contribution in [0, 0.1) is 5.92 Å². The molecule has 30 heavy (non-hydrogen) atoms. The molecule has 1 amide bonds. The van der Waals surface area contributed by atoms with Gasteiger partial charge in [-0.15, -0.1) is 0 Å². The number of hydrogen-bond acceptors (Lipinski definition) is 4. The van der Waals surface area contributed by atoms with Crippen LogP contribution in [0.1, 0.15) is 32.3 Å². The highest BCUT2D eigenvalue weighted by Crippen LogP contribution is 2.30. The second-order valence-corrected chi connectivity index (χ2v) is 10.8. The van der Waals surface area contributed by atoms with Gasteiger partial charge >= 0.3 is 0 Å². The van der Waals surface area contributed by atoms with Crippen molar-refractivity contribution < 1.29 is 13.2 Å². The van der Waals surface area contributed by atoms with E-state index in [1.54, 1.807) is 12.1 Å². The van der Waals surface area contributed by atoms with E-state index >= 15 is 0 Å². The van der Waals surface area contributed by atoms with E-state index in [-0.39, 0.29) is 35.0 Å². The van der Waals surface area contributed by atoms with Crippen molar-refractivity contribution >= 4 is 50.7 Å². The summed E-state index contributed by atoms with van der Waals surface area (Å²) in [6, 6.07) is 8.21. The van der Waals surface area contributed by atoms with Crippen LogP contribution in [0.5, 0.6) is 0 Å². The highest BCUT2D eigenvalue weighted by molar-refractivity contribution is 7.89. The first-order chi connectivity index (χ1) is 14.0. The smallest absolute Gasteiger partial charge is 0.246 e. The van der Waals surface area contributed by atoms with Crippen LogP contribution in [0.2, 0.25) is 15.2 Å². The SMILES string of the molecule is CC(C)(NC(=O)C1CCN(S(=O)(=O)c2cccnc2Cl)CC1)c1ccc(Cl)c(Cl)c1. The van der Waals surface area contributed by atoms with Gasteiger partial charge in [0.2, 0.25) is 15.9 Å². The lowest BCUT2D eigenvalue weighted by Crippen LogP contribution is -2.47. The van der Waals surface area contributed by atoms with Crippen molar-refractivity contribution in [3.8, 4) is 0 Å². The summed E-state index contributed by atoms with van der Waals surface area (Å²) in [4.78, 5) is 16.7. The van der Waals surface area contributed by atoms with Gasteiger partial charge in [0.05, 0.1) is 15.6 Å². The maximum atomic E-state index is 12.9. The Morgan fingerprint density at radius 3 is 2.40 bits per heavy atom. The monoisotopic (exact) mass is 489 g/mol. The minimum atomic E-state index is -3.75. The summed E-state index contributed by atoms with van der Waals surface area (Å²) in [7, 11) is -3.75. The molecular formula is C20H22Cl3N3O3S. The zero-order valence-corrected chi connectivity index (χ0v) is 19.6. The minimum Gasteiger partial charge on any atom is -0.347 e. The van der Waals surface area contributed by atoms with E-state index in [0.29, 0.717) is 22.9 Å². The lowest BCUT2D eigenvalue weighted by molar-refractivity contribution is -0.127. The van der Waals surface area contributed by atoms with Crippen molar-refractivity contribution in [2.45, 2.75) is 37.1 Å². The summed E-state index contributed by atoms with van der Waals surface area (Å²) in [5.74, 6) is -0.412. The molecular weight excluding hydrogens is 469 g/mol. The van der Waals surface area contributed by atoms with Crippen molar-refractivity contribution in [3.63, 3.8) is 0 Å². The third-order valence-electron chi connectivity index (χ3n) is 5.24. The van der Waals surface area contributed by atoms with Crippen LogP contribution >= 0.6 is 34.8 Å². The molecule has 0 saturated carbocycles. The number of halogens is 3. The molecule has 10 heteroatoms. The normalized spacial score (nSPS) is 16.4. The number of piperidine rings is 1. The molecule has 3 rings (SSSR count). The molecule has 0 spiro atoms. The Morgan fingerprint density at radius 1 is 1.13 bits per heavy atom. The second kappa shape index (κ2) is 9.01. The molecule has 1 N–H and O–H groups in total. The molecule has 0 atom stereocenters. The number of rotatable bonds is 5. The Hall–Kier alpha value is -1.38. The van der Waals surface area contributed by atoms with Crippen LogP contribution in [0.15, 0.2) is 41.4 Å². The molecule has 1 aromatic carbocycles. The van der Waals surface area contributed by atoms with Gasteiger partial charge < -0.3 is 5.32 Å². The largest absolute Gasteiger partial charge is 0.347 e. The molecule has 6 nitrogen and oxygen atoms in total.